The molecule has 0 spiro atoms. The number of pyridine rings is 1. The largest absolute Gasteiger partial charge is 0.486 e. The number of hydrogen-bond donors (Lipinski definition) is 0. The van der Waals surface area contributed by atoms with Crippen LogP contribution in [0.4, 0.5) is 0 Å². The number of ether oxygens (including phenoxy) is 1. The van der Waals surface area contributed by atoms with Crippen LogP contribution >= 0.6 is 38.5 Å². The summed E-state index contributed by atoms with van der Waals surface area (Å²) in [4.78, 5) is 12.6. The molecule has 0 unspecified atom stereocenters. The van der Waals surface area contributed by atoms with Gasteiger partial charge in [-0.25, -0.2) is 0 Å². The Labute approximate surface area is 162 Å². The van der Waals surface area contributed by atoms with Crippen molar-refractivity contribution in [1.82, 2.24) is 4.57 Å². The van der Waals surface area contributed by atoms with Gasteiger partial charge in [-0.1, -0.05) is 60.7 Å². The Kier molecular flexibility index (Phi) is 5.73. The van der Waals surface area contributed by atoms with Crippen LogP contribution in [0.5, 0.6) is 5.75 Å². The molecule has 1 heterocycles. The molecular formula is C19H15BrINO2. The molecule has 2 aromatic carbocycles. The summed E-state index contributed by atoms with van der Waals surface area (Å²) in [6.45, 7) is 0.963. The third kappa shape index (κ3) is 4.08. The summed E-state index contributed by atoms with van der Waals surface area (Å²) >= 11 is 5.60. The highest BCUT2D eigenvalue weighted by molar-refractivity contribution is 14.1. The maximum Gasteiger partial charge on any atom is 0.269 e. The van der Waals surface area contributed by atoms with Gasteiger partial charge in [0.15, 0.2) is 5.75 Å². The van der Waals surface area contributed by atoms with Crippen LogP contribution in [0, 0.1) is 3.57 Å². The van der Waals surface area contributed by atoms with Gasteiger partial charge in [0.1, 0.15) is 11.1 Å². The van der Waals surface area contributed by atoms with Gasteiger partial charge in [0.2, 0.25) is 0 Å². The summed E-state index contributed by atoms with van der Waals surface area (Å²) < 4.78 is 8.92. The Balaban J connectivity index is 1.84. The average molecular weight is 496 g/mol. The fourth-order valence-corrected chi connectivity index (χ4v) is 4.03. The first-order valence-electron chi connectivity index (χ1n) is 7.44. The summed E-state index contributed by atoms with van der Waals surface area (Å²) in [6, 6.07) is 19.8. The van der Waals surface area contributed by atoms with Crippen LogP contribution in [0.1, 0.15) is 11.1 Å². The Morgan fingerprint density at radius 1 is 0.958 bits per heavy atom. The van der Waals surface area contributed by atoms with E-state index in [9.17, 15) is 4.79 Å². The van der Waals surface area contributed by atoms with E-state index in [1.807, 2.05) is 66.9 Å². The smallest absolute Gasteiger partial charge is 0.269 e. The maximum absolute atomic E-state index is 12.6. The minimum atomic E-state index is -0.0951. The zero-order valence-electron chi connectivity index (χ0n) is 12.8. The van der Waals surface area contributed by atoms with Crippen molar-refractivity contribution in [2.75, 3.05) is 0 Å². The van der Waals surface area contributed by atoms with E-state index in [1.54, 1.807) is 4.57 Å². The van der Waals surface area contributed by atoms with Gasteiger partial charge in [0.25, 0.3) is 5.56 Å². The molecule has 3 rings (SSSR count). The molecule has 0 atom stereocenters. The third-order valence-electron chi connectivity index (χ3n) is 3.56. The van der Waals surface area contributed by atoms with Crippen LogP contribution < -0.4 is 10.3 Å². The first-order valence-corrected chi connectivity index (χ1v) is 9.31. The van der Waals surface area contributed by atoms with Crippen LogP contribution in [0.15, 0.2) is 76.1 Å². The molecule has 0 amide bonds. The zero-order chi connectivity index (χ0) is 16.9. The molecule has 24 heavy (non-hydrogen) atoms. The van der Waals surface area contributed by atoms with E-state index in [0.29, 0.717) is 23.4 Å². The summed E-state index contributed by atoms with van der Waals surface area (Å²) in [7, 11) is 0. The lowest BCUT2D eigenvalue weighted by Crippen LogP contribution is -2.22. The third-order valence-corrected chi connectivity index (χ3v) is 5.02. The highest BCUT2D eigenvalue weighted by Gasteiger charge is 2.14. The van der Waals surface area contributed by atoms with E-state index in [0.717, 1.165) is 14.7 Å². The quantitative estimate of drug-likeness (QED) is 0.474. The first kappa shape index (κ1) is 17.2. The number of hydrogen-bond acceptors (Lipinski definition) is 2. The molecule has 1 aromatic heterocycles. The van der Waals surface area contributed by atoms with Gasteiger partial charge in [-0.05, 0) is 49.6 Å². The van der Waals surface area contributed by atoms with Gasteiger partial charge < -0.3 is 9.30 Å². The van der Waals surface area contributed by atoms with Crippen molar-refractivity contribution in [3.8, 4) is 5.75 Å². The van der Waals surface area contributed by atoms with Crippen molar-refractivity contribution in [2.24, 2.45) is 0 Å². The van der Waals surface area contributed by atoms with Crippen LogP contribution in [-0.4, -0.2) is 4.57 Å². The number of nitrogens with zero attached hydrogens (tertiary/aromatic N) is 1. The molecule has 5 heteroatoms. The highest BCUT2D eigenvalue weighted by Crippen LogP contribution is 2.28. The summed E-state index contributed by atoms with van der Waals surface area (Å²) in [5.41, 5.74) is 2.05. The molecule has 0 bridgehead atoms. The lowest BCUT2D eigenvalue weighted by molar-refractivity contribution is 0.300. The topological polar surface area (TPSA) is 31.2 Å². The molecule has 0 radical (unpaired) electrons. The molecule has 0 aliphatic heterocycles. The van der Waals surface area contributed by atoms with Crippen LogP contribution in [0.2, 0.25) is 0 Å². The minimum absolute atomic E-state index is 0.0951. The molecule has 0 saturated carbocycles. The maximum atomic E-state index is 12.6. The molecule has 3 nitrogen and oxygen atoms in total. The van der Waals surface area contributed by atoms with Gasteiger partial charge in [-0.15, -0.1) is 0 Å². The van der Waals surface area contributed by atoms with Crippen molar-refractivity contribution >= 4 is 38.5 Å². The Bertz CT molecular complexity index is 879. The predicted molar refractivity (Wildman–Crippen MR) is 107 cm³/mol. The highest BCUT2D eigenvalue weighted by atomic mass is 127. The fourth-order valence-electron chi connectivity index (χ4n) is 2.34. The van der Waals surface area contributed by atoms with Crippen LogP contribution in [-0.2, 0) is 13.2 Å². The second-order valence-corrected chi connectivity index (χ2v) is 7.27. The van der Waals surface area contributed by atoms with E-state index < -0.39 is 0 Å². The van der Waals surface area contributed by atoms with Crippen molar-refractivity contribution in [3.63, 3.8) is 0 Å². The van der Waals surface area contributed by atoms with E-state index in [4.69, 9.17) is 4.74 Å². The molecule has 122 valence electrons. The molecule has 0 aliphatic rings. The molecule has 0 aliphatic carbocycles. The van der Waals surface area contributed by atoms with E-state index in [1.165, 1.54) is 0 Å². The van der Waals surface area contributed by atoms with Crippen molar-refractivity contribution in [3.05, 3.63) is 96.4 Å². The molecular weight excluding hydrogens is 481 g/mol. The molecule has 0 fully saturated rings. The van der Waals surface area contributed by atoms with Gasteiger partial charge >= 0.3 is 0 Å². The average Bonchev–Trinajstić information content (AvgIpc) is 2.61. The predicted octanol–water partition coefficient (Wildman–Crippen LogP) is 4.84. The Hall–Kier alpha value is -1.60. The summed E-state index contributed by atoms with van der Waals surface area (Å²) in [5.74, 6) is 0.591. The second kappa shape index (κ2) is 7.98. The Morgan fingerprint density at radius 3 is 2.17 bits per heavy atom. The monoisotopic (exact) mass is 495 g/mol. The standard InChI is InChI=1S/C19H15BrINO2/c20-17-18(24-13-15-9-5-2-6-10-15)16(21)12-22(19(17)23)11-14-7-3-1-4-8-14/h1-10,12H,11,13H2. The van der Waals surface area contributed by atoms with Crippen LogP contribution in [0.3, 0.4) is 0 Å². The number of benzene rings is 2. The van der Waals surface area contributed by atoms with E-state index in [2.05, 4.69) is 38.5 Å². The number of aromatic nitrogens is 1. The van der Waals surface area contributed by atoms with Crippen molar-refractivity contribution in [2.45, 2.75) is 13.2 Å². The lowest BCUT2D eigenvalue weighted by Gasteiger charge is -2.13. The SMILES string of the molecule is O=c1c(Br)c(OCc2ccccc2)c(I)cn1Cc1ccccc1. The number of halogens is 2. The van der Waals surface area contributed by atoms with Gasteiger partial charge in [-0.2, -0.15) is 0 Å². The van der Waals surface area contributed by atoms with E-state index >= 15 is 0 Å². The van der Waals surface area contributed by atoms with E-state index in [-0.39, 0.29) is 5.56 Å². The Morgan fingerprint density at radius 2 is 1.54 bits per heavy atom. The molecule has 0 N–H and O–H groups in total. The summed E-state index contributed by atoms with van der Waals surface area (Å²) in [5, 5.41) is 0. The fraction of sp³-hybridized carbons (Fsp3) is 0.105. The van der Waals surface area contributed by atoms with Crippen molar-refractivity contribution in [1.29, 1.82) is 0 Å². The molecule has 0 saturated heterocycles. The zero-order valence-corrected chi connectivity index (χ0v) is 16.5. The summed E-state index contributed by atoms with van der Waals surface area (Å²) in [6.07, 6.45) is 1.83. The van der Waals surface area contributed by atoms with Gasteiger partial charge in [0, 0.05) is 6.20 Å². The second-order valence-electron chi connectivity index (χ2n) is 5.31. The number of rotatable bonds is 5. The molecule has 3 aromatic rings. The minimum Gasteiger partial charge on any atom is -0.486 e. The van der Waals surface area contributed by atoms with Crippen molar-refractivity contribution < 1.29 is 4.74 Å². The van der Waals surface area contributed by atoms with Gasteiger partial charge in [-0.3, -0.25) is 4.79 Å². The van der Waals surface area contributed by atoms with Crippen LogP contribution in [0.25, 0.3) is 0 Å². The lowest BCUT2D eigenvalue weighted by atomic mass is 10.2. The van der Waals surface area contributed by atoms with Gasteiger partial charge in [0.05, 0.1) is 10.1 Å². The first-order chi connectivity index (χ1) is 11.6. The normalized spacial score (nSPS) is 10.6.